The summed E-state index contributed by atoms with van der Waals surface area (Å²) >= 11 is 3.36. The third kappa shape index (κ3) is 3.59. The maximum Gasteiger partial charge on any atom is 0.406 e. The first kappa shape index (κ1) is 16.3. The molecule has 116 valence electrons. The molecule has 0 bridgehead atoms. The van der Waals surface area contributed by atoms with Crippen molar-refractivity contribution in [2.24, 2.45) is 0 Å². The molecule has 0 spiro atoms. The molecule has 0 unspecified atom stereocenters. The number of carbonyl (C=O) groups is 1. The lowest BCUT2D eigenvalue weighted by atomic mass is 9.77. The Morgan fingerprint density at radius 2 is 1.95 bits per heavy atom. The molecule has 1 aliphatic carbocycles. The van der Waals surface area contributed by atoms with Crippen molar-refractivity contribution in [2.75, 3.05) is 13.6 Å². The first-order valence-electron chi connectivity index (χ1n) is 6.83. The van der Waals surface area contributed by atoms with Crippen molar-refractivity contribution in [1.82, 2.24) is 4.90 Å². The molecule has 6 heteroatoms. The number of halogens is 4. The van der Waals surface area contributed by atoms with Crippen molar-refractivity contribution < 1.29 is 18.0 Å². The Morgan fingerprint density at radius 3 is 2.48 bits per heavy atom. The predicted molar refractivity (Wildman–Crippen MR) is 78.0 cm³/mol. The molecule has 0 aromatic heterocycles. The zero-order valence-electron chi connectivity index (χ0n) is 11.7. The lowest BCUT2D eigenvalue weighted by Gasteiger charge is -2.33. The van der Waals surface area contributed by atoms with Crippen LogP contribution in [-0.4, -0.2) is 30.6 Å². The van der Waals surface area contributed by atoms with E-state index in [0.717, 1.165) is 27.8 Å². The van der Waals surface area contributed by atoms with Gasteiger partial charge in [0.05, 0.1) is 5.41 Å². The Balaban J connectivity index is 2.32. The molecule has 1 aliphatic rings. The molecule has 1 amide bonds. The molecule has 0 saturated heterocycles. The highest BCUT2D eigenvalue weighted by Gasteiger charge is 2.46. The molecular formula is C15H17BrF3NO. The molecule has 2 nitrogen and oxygen atoms in total. The summed E-state index contributed by atoms with van der Waals surface area (Å²) in [5.74, 6) is -0.435. The quantitative estimate of drug-likeness (QED) is 0.784. The van der Waals surface area contributed by atoms with E-state index in [2.05, 4.69) is 15.9 Å². The second-order valence-corrected chi connectivity index (χ2v) is 6.49. The van der Waals surface area contributed by atoms with Gasteiger partial charge in [-0.15, -0.1) is 0 Å². The Morgan fingerprint density at radius 1 is 1.33 bits per heavy atom. The van der Waals surface area contributed by atoms with Gasteiger partial charge in [-0.2, -0.15) is 13.2 Å². The second-order valence-electron chi connectivity index (χ2n) is 5.58. The topological polar surface area (TPSA) is 20.3 Å². The molecule has 1 saturated carbocycles. The third-order valence-corrected chi connectivity index (χ3v) is 4.50. The summed E-state index contributed by atoms with van der Waals surface area (Å²) in [6, 6.07) is 7.33. The zero-order valence-corrected chi connectivity index (χ0v) is 13.3. The van der Waals surface area contributed by atoms with Gasteiger partial charge in [0, 0.05) is 11.5 Å². The maximum absolute atomic E-state index is 12.7. The summed E-state index contributed by atoms with van der Waals surface area (Å²) in [6.45, 7) is -1.21. The van der Waals surface area contributed by atoms with Crippen LogP contribution >= 0.6 is 15.9 Å². The van der Waals surface area contributed by atoms with Crippen molar-refractivity contribution in [3.05, 3.63) is 34.3 Å². The van der Waals surface area contributed by atoms with Crippen molar-refractivity contribution in [1.29, 1.82) is 0 Å². The summed E-state index contributed by atoms with van der Waals surface area (Å²) in [6.07, 6.45) is -1.45. The van der Waals surface area contributed by atoms with Crippen LogP contribution in [0.3, 0.4) is 0 Å². The highest BCUT2D eigenvalue weighted by molar-refractivity contribution is 9.10. The number of rotatable bonds is 3. The molecule has 1 fully saturated rings. The molecular weight excluding hydrogens is 347 g/mol. The Bertz CT molecular complexity index is 524. The van der Waals surface area contributed by atoms with E-state index in [-0.39, 0.29) is 0 Å². The van der Waals surface area contributed by atoms with Gasteiger partial charge < -0.3 is 4.90 Å². The normalized spacial score (nSPS) is 17.8. The summed E-state index contributed by atoms with van der Waals surface area (Å²) < 4.78 is 38.5. The lowest BCUT2D eigenvalue weighted by molar-refractivity contribution is -0.162. The van der Waals surface area contributed by atoms with E-state index in [1.54, 1.807) is 0 Å². The van der Waals surface area contributed by atoms with Crippen LogP contribution in [0.4, 0.5) is 13.2 Å². The molecule has 0 N–H and O–H groups in total. The lowest BCUT2D eigenvalue weighted by Crippen LogP contribution is -2.46. The molecule has 0 atom stereocenters. The average molecular weight is 364 g/mol. The van der Waals surface area contributed by atoms with E-state index in [9.17, 15) is 18.0 Å². The minimum absolute atomic E-state index is 0.435. The van der Waals surface area contributed by atoms with E-state index < -0.39 is 24.0 Å². The predicted octanol–water partition coefficient (Wildman–Crippen LogP) is 4.28. The molecule has 0 aliphatic heterocycles. The van der Waals surface area contributed by atoms with E-state index in [1.807, 2.05) is 24.3 Å². The summed E-state index contributed by atoms with van der Waals surface area (Å²) in [5, 5.41) is 0. The van der Waals surface area contributed by atoms with Gasteiger partial charge in [0.25, 0.3) is 0 Å². The molecule has 1 aromatic carbocycles. The standard InChI is InChI=1S/C15H17BrF3NO/c1-20(10-15(17,18)19)13(21)14(7-2-3-8-14)11-5-4-6-12(16)9-11/h4-6,9H,2-3,7-8,10H2,1H3. The van der Waals surface area contributed by atoms with E-state index in [4.69, 9.17) is 0 Å². The molecule has 1 aromatic rings. The average Bonchev–Trinajstić information content (AvgIpc) is 2.86. The number of benzene rings is 1. The Kier molecular flexibility index (Phi) is 4.66. The fourth-order valence-corrected chi connectivity index (χ4v) is 3.50. The van der Waals surface area contributed by atoms with E-state index >= 15 is 0 Å². The molecule has 2 rings (SSSR count). The Labute approximate surface area is 130 Å². The maximum atomic E-state index is 12.7. The van der Waals surface area contributed by atoms with Gasteiger partial charge in [-0.1, -0.05) is 40.9 Å². The fraction of sp³-hybridized carbons (Fsp3) is 0.533. The first-order chi connectivity index (χ1) is 9.74. The number of amides is 1. The van der Waals surface area contributed by atoms with E-state index in [0.29, 0.717) is 12.8 Å². The summed E-state index contributed by atoms with van der Waals surface area (Å²) in [4.78, 5) is 13.5. The van der Waals surface area contributed by atoms with Crippen LogP contribution in [0.1, 0.15) is 31.2 Å². The van der Waals surface area contributed by atoms with Crippen molar-refractivity contribution >= 4 is 21.8 Å². The van der Waals surface area contributed by atoms with Crippen molar-refractivity contribution in [3.63, 3.8) is 0 Å². The number of carbonyl (C=O) groups excluding carboxylic acids is 1. The van der Waals surface area contributed by atoms with Crippen LogP contribution in [0.2, 0.25) is 0 Å². The Hall–Kier alpha value is -1.04. The minimum Gasteiger partial charge on any atom is -0.336 e. The number of hydrogen-bond acceptors (Lipinski definition) is 1. The molecule has 0 heterocycles. The van der Waals surface area contributed by atoms with Crippen molar-refractivity contribution in [2.45, 2.75) is 37.3 Å². The fourth-order valence-electron chi connectivity index (χ4n) is 3.10. The number of likely N-dealkylation sites (N-methyl/N-ethyl adjacent to an activating group) is 1. The van der Waals surface area contributed by atoms with Crippen LogP contribution in [-0.2, 0) is 10.2 Å². The van der Waals surface area contributed by atoms with Crippen LogP contribution < -0.4 is 0 Å². The highest BCUT2D eigenvalue weighted by atomic mass is 79.9. The van der Waals surface area contributed by atoms with Gasteiger partial charge in [-0.05, 0) is 30.5 Å². The van der Waals surface area contributed by atoms with Gasteiger partial charge in [0.1, 0.15) is 6.54 Å². The van der Waals surface area contributed by atoms with Crippen LogP contribution in [0.5, 0.6) is 0 Å². The SMILES string of the molecule is CN(CC(F)(F)F)C(=O)C1(c2cccc(Br)c2)CCCC1. The van der Waals surface area contributed by atoms with Gasteiger partial charge in [0.2, 0.25) is 5.91 Å². The largest absolute Gasteiger partial charge is 0.406 e. The van der Waals surface area contributed by atoms with Gasteiger partial charge >= 0.3 is 6.18 Å². The third-order valence-electron chi connectivity index (χ3n) is 4.01. The van der Waals surface area contributed by atoms with Crippen LogP contribution in [0, 0.1) is 0 Å². The summed E-state index contributed by atoms with van der Waals surface area (Å²) in [7, 11) is 1.23. The van der Waals surface area contributed by atoms with Gasteiger partial charge in [-0.25, -0.2) is 0 Å². The number of hydrogen-bond donors (Lipinski definition) is 0. The molecule has 21 heavy (non-hydrogen) atoms. The van der Waals surface area contributed by atoms with Crippen LogP contribution in [0.25, 0.3) is 0 Å². The highest BCUT2D eigenvalue weighted by Crippen LogP contribution is 2.43. The van der Waals surface area contributed by atoms with Gasteiger partial charge in [-0.3, -0.25) is 4.79 Å². The van der Waals surface area contributed by atoms with Gasteiger partial charge in [0.15, 0.2) is 0 Å². The van der Waals surface area contributed by atoms with Crippen LogP contribution in [0.15, 0.2) is 28.7 Å². The number of alkyl halides is 3. The number of nitrogens with zero attached hydrogens (tertiary/aromatic N) is 1. The summed E-state index contributed by atoms with van der Waals surface area (Å²) in [5.41, 5.74) is -0.0163. The minimum atomic E-state index is -4.37. The van der Waals surface area contributed by atoms with Crippen molar-refractivity contribution in [3.8, 4) is 0 Å². The second kappa shape index (κ2) is 5.99. The zero-order chi connectivity index (χ0) is 15.7. The molecule has 0 radical (unpaired) electrons. The monoisotopic (exact) mass is 363 g/mol. The smallest absolute Gasteiger partial charge is 0.336 e. The van der Waals surface area contributed by atoms with E-state index in [1.165, 1.54) is 7.05 Å². The first-order valence-corrected chi connectivity index (χ1v) is 7.62.